The molecule has 2 heterocycles. The highest BCUT2D eigenvalue weighted by atomic mass is 35.5. The normalized spacial score (nSPS) is 15.8. The first-order valence-corrected chi connectivity index (χ1v) is 9.34. The van der Waals surface area contributed by atoms with Crippen molar-refractivity contribution in [1.82, 2.24) is 4.31 Å². The van der Waals surface area contributed by atoms with Gasteiger partial charge in [0.15, 0.2) is 0 Å². The van der Waals surface area contributed by atoms with Crippen molar-refractivity contribution in [3.63, 3.8) is 0 Å². The van der Waals surface area contributed by atoms with Gasteiger partial charge in [-0.05, 0) is 36.2 Å². The van der Waals surface area contributed by atoms with Crippen LogP contribution in [0.25, 0.3) is 0 Å². The minimum atomic E-state index is -3.72. The molecule has 0 aliphatic carbocycles. The maximum Gasteiger partial charge on any atom is 0.218 e. The Morgan fingerprint density at radius 2 is 2.05 bits per heavy atom. The van der Waals surface area contributed by atoms with Gasteiger partial charge >= 0.3 is 0 Å². The largest absolute Gasteiger partial charge is 0.218 e. The molecule has 0 amide bonds. The van der Waals surface area contributed by atoms with Crippen LogP contribution in [0.5, 0.6) is 0 Å². The zero-order valence-electron chi connectivity index (χ0n) is 11.4. The Labute approximate surface area is 136 Å². The summed E-state index contributed by atoms with van der Waals surface area (Å²) >= 11 is 7.39. The smallest absolute Gasteiger partial charge is 0.212 e. The summed E-state index contributed by atoms with van der Waals surface area (Å²) in [5.74, 6) is -1.93. The monoisotopic (exact) mass is 363 g/mol. The summed E-state index contributed by atoms with van der Waals surface area (Å²) in [7, 11) is -3.72. The number of halogens is 3. The van der Waals surface area contributed by atoms with Crippen LogP contribution in [0.2, 0.25) is 4.34 Å². The second-order valence-corrected chi connectivity index (χ2v) is 8.81. The highest BCUT2D eigenvalue weighted by Crippen LogP contribution is 2.32. The number of hydrogen-bond donors (Lipinski definition) is 0. The highest BCUT2D eigenvalue weighted by Gasteiger charge is 2.29. The SMILES string of the molecule is O=S(=O)(Cc1cc(F)ccc1F)N1CCc2sc(Cl)cc2C1. The molecule has 0 N–H and O–H groups in total. The van der Waals surface area contributed by atoms with Crippen LogP contribution in [0.1, 0.15) is 16.0 Å². The minimum Gasteiger partial charge on any atom is -0.212 e. The van der Waals surface area contributed by atoms with Crippen LogP contribution in [0.15, 0.2) is 24.3 Å². The maximum absolute atomic E-state index is 13.6. The fourth-order valence-electron chi connectivity index (χ4n) is 2.45. The molecule has 1 aliphatic heterocycles. The van der Waals surface area contributed by atoms with E-state index in [4.69, 9.17) is 11.6 Å². The second-order valence-electron chi connectivity index (χ2n) is 5.07. The fourth-order valence-corrected chi connectivity index (χ4v) is 5.25. The van der Waals surface area contributed by atoms with Crippen molar-refractivity contribution in [2.45, 2.75) is 18.7 Å². The van der Waals surface area contributed by atoms with Crippen molar-refractivity contribution in [1.29, 1.82) is 0 Å². The van der Waals surface area contributed by atoms with Crippen molar-refractivity contribution in [2.75, 3.05) is 6.54 Å². The third-order valence-corrected chi connectivity index (χ3v) is 6.68. The molecule has 0 spiro atoms. The van der Waals surface area contributed by atoms with Gasteiger partial charge in [-0.25, -0.2) is 17.2 Å². The first-order valence-electron chi connectivity index (χ1n) is 6.54. The van der Waals surface area contributed by atoms with Gasteiger partial charge in [0.25, 0.3) is 0 Å². The van der Waals surface area contributed by atoms with Crippen LogP contribution in [0, 0.1) is 11.6 Å². The predicted octanol–water partition coefficient (Wildman–Crippen LogP) is 3.57. The van der Waals surface area contributed by atoms with Gasteiger partial charge in [-0.15, -0.1) is 11.3 Å². The van der Waals surface area contributed by atoms with Crippen molar-refractivity contribution in [2.24, 2.45) is 0 Å². The van der Waals surface area contributed by atoms with Crippen LogP contribution in [0.3, 0.4) is 0 Å². The van der Waals surface area contributed by atoms with E-state index in [9.17, 15) is 17.2 Å². The van der Waals surface area contributed by atoms with E-state index in [1.807, 2.05) is 0 Å². The lowest BCUT2D eigenvalue weighted by atomic mass is 10.1. The third kappa shape index (κ3) is 3.17. The summed E-state index contributed by atoms with van der Waals surface area (Å²) in [4.78, 5) is 1.08. The van der Waals surface area contributed by atoms with Crippen LogP contribution < -0.4 is 0 Å². The maximum atomic E-state index is 13.6. The molecule has 1 aliphatic rings. The van der Waals surface area contributed by atoms with Crippen LogP contribution >= 0.6 is 22.9 Å². The third-order valence-electron chi connectivity index (χ3n) is 3.54. The van der Waals surface area contributed by atoms with Gasteiger partial charge < -0.3 is 0 Å². The molecule has 3 rings (SSSR count). The molecule has 0 bridgehead atoms. The topological polar surface area (TPSA) is 37.4 Å². The lowest BCUT2D eigenvalue weighted by molar-refractivity contribution is 0.393. The Morgan fingerprint density at radius 3 is 2.82 bits per heavy atom. The predicted molar refractivity (Wildman–Crippen MR) is 82.4 cm³/mol. The lowest BCUT2D eigenvalue weighted by Gasteiger charge is -2.26. The van der Waals surface area contributed by atoms with E-state index in [0.717, 1.165) is 28.6 Å². The molecule has 2 aromatic rings. The standard InChI is InChI=1S/C14H12ClF2NO2S2/c15-14-6-9-7-18(4-3-13(9)21-14)22(19,20)8-10-5-11(16)1-2-12(10)17/h1-2,5-6H,3-4,7-8H2. The fraction of sp³-hybridized carbons (Fsp3) is 0.286. The van der Waals surface area contributed by atoms with E-state index in [2.05, 4.69) is 0 Å². The van der Waals surface area contributed by atoms with E-state index in [1.165, 1.54) is 15.6 Å². The number of rotatable bonds is 3. The minimum absolute atomic E-state index is 0.158. The second kappa shape index (κ2) is 5.88. The molecule has 118 valence electrons. The first-order chi connectivity index (χ1) is 10.3. The van der Waals surface area contributed by atoms with Gasteiger partial charge in [-0.3, -0.25) is 0 Å². The molecule has 8 heteroatoms. The van der Waals surface area contributed by atoms with E-state index < -0.39 is 27.4 Å². The van der Waals surface area contributed by atoms with E-state index >= 15 is 0 Å². The molecule has 0 radical (unpaired) electrons. The molecule has 22 heavy (non-hydrogen) atoms. The quantitative estimate of drug-likeness (QED) is 0.836. The number of thiophene rings is 1. The summed E-state index contributed by atoms with van der Waals surface area (Å²) in [6, 6.07) is 4.58. The van der Waals surface area contributed by atoms with Crippen LogP contribution in [0.4, 0.5) is 8.78 Å². The van der Waals surface area contributed by atoms with Crippen LogP contribution in [-0.4, -0.2) is 19.3 Å². The summed E-state index contributed by atoms with van der Waals surface area (Å²) in [6.07, 6.45) is 0.581. The molecule has 0 atom stereocenters. The molecule has 0 fully saturated rings. The molecular weight excluding hydrogens is 352 g/mol. The van der Waals surface area contributed by atoms with Gasteiger partial charge in [0.2, 0.25) is 10.0 Å². The number of sulfonamides is 1. The summed E-state index contributed by atoms with van der Waals surface area (Å²) < 4.78 is 53.6. The Hall–Kier alpha value is -1.02. The summed E-state index contributed by atoms with van der Waals surface area (Å²) in [5.41, 5.74) is 0.721. The molecule has 3 nitrogen and oxygen atoms in total. The number of fused-ring (bicyclic) bond motifs is 1. The zero-order chi connectivity index (χ0) is 15.9. The Balaban J connectivity index is 1.83. The van der Waals surface area contributed by atoms with Gasteiger partial charge in [0, 0.05) is 23.5 Å². The Morgan fingerprint density at radius 1 is 1.27 bits per heavy atom. The van der Waals surface area contributed by atoms with Crippen molar-refractivity contribution in [3.8, 4) is 0 Å². The lowest BCUT2D eigenvalue weighted by Crippen LogP contribution is -2.36. The first kappa shape index (κ1) is 15.9. The Bertz CT molecular complexity index is 820. The van der Waals surface area contributed by atoms with Gasteiger partial charge in [-0.2, -0.15) is 4.31 Å². The highest BCUT2D eigenvalue weighted by molar-refractivity contribution is 7.88. The van der Waals surface area contributed by atoms with Crippen LogP contribution in [-0.2, 0) is 28.7 Å². The average molecular weight is 364 g/mol. The summed E-state index contributed by atoms with van der Waals surface area (Å²) in [5, 5.41) is 0. The molecular formula is C14H12ClF2NO2S2. The van der Waals surface area contributed by atoms with Crippen molar-refractivity contribution in [3.05, 3.63) is 56.2 Å². The van der Waals surface area contributed by atoms with Crippen molar-refractivity contribution >= 4 is 33.0 Å². The van der Waals surface area contributed by atoms with E-state index in [1.54, 1.807) is 6.07 Å². The number of benzene rings is 1. The van der Waals surface area contributed by atoms with E-state index in [0.29, 0.717) is 17.3 Å². The molecule has 1 aromatic carbocycles. The van der Waals surface area contributed by atoms with Gasteiger partial charge in [0.05, 0.1) is 10.1 Å². The summed E-state index contributed by atoms with van der Waals surface area (Å²) in [6.45, 7) is 0.543. The van der Waals surface area contributed by atoms with Gasteiger partial charge in [-0.1, -0.05) is 11.6 Å². The van der Waals surface area contributed by atoms with E-state index in [-0.39, 0.29) is 12.1 Å². The van der Waals surface area contributed by atoms with Gasteiger partial charge in [0.1, 0.15) is 11.6 Å². The molecule has 1 aromatic heterocycles. The number of nitrogens with zero attached hydrogens (tertiary/aromatic N) is 1. The average Bonchev–Trinajstić information content (AvgIpc) is 2.81. The zero-order valence-corrected chi connectivity index (χ0v) is 13.7. The van der Waals surface area contributed by atoms with Crippen molar-refractivity contribution < 1.29 is 17.2 Å². The Kier molecular flexibility index (Phi) is 4.24. The molecule has 0 saturated carbocycles. The molecule has 0 unspecified atom stereocenters. The molecule has 0 saturated heterocycles. The number of hydrogen-bond acceptors (Lipinski definition) is 3.